The number of carboxylic acids is 1. The number of rotatable bonds is 7. The predicted molar refractivity (Wildman–Crippen MR) is 77.8 cm³/mol. The van der Waals surface area contributed by atoms with Crippen molar-refractivity contribution in [1.82, 2.24) is 20.2 Å². The number of carbonyl (C=O) groups is 1. The molecule has 112 valence electrons. The van der Waals surface area contributed by atoms with Crippen LogP contribution in [0.4, 0.5) is 0 Å². The quantitative estimate of drug-likeness (QED) is 0.841. The second-order valence-electron chi connectivity index (χ2n) is 5.27. The molecule has 0 aliphatic rings. The average Bonchev–Trinajstić information content (AvgIpc) is 2.91. The first-order valence-electron chi connectivity index (χ1n) is 7.10. The van der Waals surface area contributed by atoms with Crippen molar-refractivity contribution in [3.63, 3.8) is 0 Å². The average molecular weight is 288 g/mol. The van der Waals surface area contributed by atoms with Gasteiger partial charge >= 0.3 is 5.97 Å². The lowest BCUT2D eigenvalue weighted by Gasteiger charge is -2.08. The lowest BCUT2D eigenvalue weighted by Crippen LogP contribution is -2.15. The van der Waals surface area contributed by atoms with Crippen molar-refractivity contribution in [1.29, 1.82) is 0 Å². The molecule has 0 spiro atoms. The van der Waals surface area contributed by atoms with Crippen molar-refractivity contribution in [2.75, 3.05) is 0 Å². The van der Waals surface area contributed by atoms with E-state index in [4.69, 9.17) is 5.11 Å². The van der Waals surface area contributed by atoms with Gasteiger partial charge in [0, 0.05) is 13.0 Å². The fourth-order valence-electron chi connectivity index (χ4n) is 2.15. The molecule has 1 aromatic heterocycles. The summed E-state index contributed by atoms with van der Waals surface area (Å²) in [5.41, 5.74) is 2.54. The molecule has 6 heteroatoms. The maximum Gasteiger partial charge on any atom is 0.306 e. The van der Waals surface area contributed by atoms with E-state index in [1.54, 1.807) is 11.6 Å². The Kier molecular flexibility index (Phi) is 5.03. The third-order valence-electron chi connectivity index (χ3n) is 3.68. The van der Waals surface area contributed by atoms with Gasteiger partial charge in [0.25, 0.3) is 0 Å². The third kappa shape index (κ3) is 4.11. The maximum absolute atomic E-state index is 10.8. The van der Waals surface area contributed by atoms with E-state index in [9.17, 15) is 4.79 Å². The Morgan fingerprint density at radius 2 is 2.10 bits per heavy atom. The van der Waals surface area contributed by atoms with E-state index >= 15 is 0 Å². The summed E-state index contributed by atoms with van der Waals surface area (Å²) in [5, 5.41) is 20.6. The summed E-state index contributed by atoms with van der Waals surface area (Å²) in [5.74, 6) is -0.376. The molecule has 0 bridgehead atoms. The van der Waals surface area contributed by atoms with Crippen LogP contribution in [0.1, 0.15) is 30.3 Å². The highest BCUT2D eigenvalue weighted by Crippen LogP contribution is 2.11. The molecular weight excluding hydrogens is 268 g/mol. The molecule has 6 nitrogen and oxygen atoms in total. The van der Waals surface area contributed by atoms with Gasteiger partial charge in [-0.2, -0.15) is 0 Å². The number of nitrogens with zero attached hydrogens (tertiary/aromatic N) is 4. The van der Waals surface area contributed by atoms with Gasteiger partial charge in [-0.25, -0.2) is 4.68 Å². The molecule has 1 unspecified atom stereocenters. The van der Waals surface area contributed by atoms with Crippen LogP contribution in [0.3, 0.4) is 0 Å². The molecule has 1 heterocycles. The van der Waals surface area contributed by atoms with Crippen molar-refractivity contribution in [2.45, 2.75) is 39.7 Å². The summed E-state index contributed by atoms with van der Waals surface area (Å²) in [4.78, 5) is 10.8. The number of aromatic nitrogens is 4. The molecule has 0 saturated heterocycles. The van der Waals surface area contributed by atoms with Crippen molar-refractivity contribution in [3.8, 4) is 0 Å². The number of aryl methyl sites for hydroxylation is 4. The Hall–Kier alpha value is -2.24. The summed E-state index contributed by atoms with van der Waals surface area (Å²) in [7, 11) is 0. The van der Waals surface area contributed by atoms with Crippen LogP contribution in [0.2, 0.25) is 0 Å². The Bertz CT molecular complexity index is 609. The zero-order valence-corrected chi connectivity index (χ0v) is 12.4. The summed E-state index contributed by atoms with van der Waals surface area (Å²) in [6.07, 6.45) is 2.15. The lowest BCUT2D eigenvalue weighted by molar-refractivity contribution is -0.141. The number of tetrazole rings is 1. The van der Waals surface area contributed by atoms with Gasteiger partial charge in [0.2, 0.25) is 0 Å². The highest BCUT2D eigenvalue weighted by atomic mass is 16.4. The van der Waals surface area contributed by atoms with Crippen LogP contribution in [0.25, 0.3) is 0 Å². The summed E-state index contributed by atoms with van der Waals surface area (Å²) < 4.78 is 1.71. The zero-order chi connectivity index (χ0) is 15.2. The summed E-state index contributed by atoms with van der Waals surface area (Å²) in [6, 6.07) is 8.25. The number of hydrogen-bond donors (Lipinski definition) is 1. The van der Waals surface area contributed by atoms with Crippen LogP contribution in [0, 0.1) is 12.8 Å². The standard InChI is InChI=1S/C15H20N4O2/c1-11-5-3-4-6-13(11)7-8-14-16-17-18-19(14)10-9-12(2)15(20)21/h3-6,12H,7-10H2,1-2H3,(H,20,21). The Morgan fingerprint density at radius 3 is 2.81 bits per heavy atom. The van der Waals surface area contributed by atoms with Crippen LogP contribution < -0.4 is 0 Å². The normalized spacial score (nSPS) is 12.3. The minimum Gasteiger partial charge on any atom is -0.481 e. The van der Waals surface area contributed by atoms with E-state index in [1.807, 2.05) is 12.1 Å². The predicted octanol–water partition coefficient (Wildman–Crippen LogP) is 1.88. The molecule has 0 amide bonds. The highest BCUT2D eigenvalue weighted by molar-refractivity contribution is 5.69. The largest absolute Gasteiger partial charge is 0.481 e. The van der Waals surface area contributed by atoms with Crippen molar-refractivity contribution < 1.29 is 9.90 Å². The maximum atomic E-state index is 10.8. The number of benzene rings is 1. The zero-order valence-electron chi connectivity index (χ0n) is 12.4. The van der Waals surface area contributed by atoms with Crippen LogP contribution >= 0.6 is 0 Å². The highest BCUT2D eigenvalue weighted by Gasteiger charge is 2.13. The first-order valence-corrected chi connectivity index (χ1v) is 7.10. The second-order valence-corrected chi connectivity index (χ2v) is 5.27. The Morgan fingerprint density at radius 1 is 1.33 bits per heavy atom. The van der Waals surface area contributed by atoms with Crippen LogP contribution in [-0.4, -0.2) is 31.3 Å². The summed E-state index contributed by atoms with van der Waals surface area (Å²) >= 11 is 0. The minimum atomic E-state index is -0.787. The molecule has 0 aliphatic heterocycles. The molecule has 1 aromatic carbocycles. The van der Waals surface area contributed by atoms with Gasteiger partial charge in [-0.3, -0.25) is 4.79 Å². The third-order valence-corrected chi connectivity index (χ3v) is 3.68. The molecular formula is C15H20N4O2. The van der Waals surface area contributed by atoms with Gasteiger partial charge in [0.05, 0.1) is 5.92 Å². The monoisotopic (exact) mass is 288 g/mol. The fraction of sp³-hybridized carbons (Fsp3) is 0.467. The first-order chi connectivity index (χ1) is 10.1. The molecule has 1 atom stereocenters. The molecule has 0 aliphatic carbocycles. The molecule has 2 aromatic rings. The van der Waals surface area contributed by atoms with Gasteiger partial charge in [-0.05, 0) is 41.3 Å². The molecule has 0 saturated carbocycles. The number of aliphatic carboxylic acids is 1. The van der Waals surface area contributed by atoms with Crippen molar-refractivity contribution >= 4 is 5.97 Å². The molecule has 0 radical (unpaired) electrons. The van der Waals surface area contributed by atoms with E-state index in [2.05, 4.69) is 34.6 Å². The van der Waals surface area contributed by atoms with Gasteiger partial charge in [-0.15, -0.1) is 5.10 Å². The SMILES string of the molecule is Cc1ccccc1CCc1nnnn1CCC(C)C(=O)O. The number of carboxylic acid groups (broad SMARTS) is 1. The second kappa shape index (κ2) is 6.97. The fourth-order valence-corrected chi connectivity index (χ4v) is 2.15. The van der Waals surface area contributed by atoms with Gasteiger partial charge < -0.3 is 5.11 Å². The van der Waals surface area contributed by atoms with E-state index in [1.165, 1.54) is 11.1 Å². The molecule has 1 N–H and O–H groups in total. The van der Waals surface area contributed by atoms with Crippen molar-refractivity contribution in [2.24, 2.45) is 5.92 Å². The van der Waals surface area contributed by atoms with Crippen molar-refractivity contribution in [3.05, 3.63) is 41.2 Å². The molecule has 21 heavy (non-hydrogen) atoms. The van der Waals surface area contributed by atoms with E-state index in [0.717, 1.165) is 18.7 Å². The van der Waals surface area contributed by atoms with Crippen LogP contribution in [0.15, 0.2) is 24.3 Å². The van der Waals surface area contributed by atoms with Crippen LogP contribution in [-0.2, 0) is 24.2 Å². The Labute approximate surface area is 123 Å². The van der Waals surface area contributed by atoms with E-state index < -0.39 is 11.9 Å². The minimum absolute atomic E-state index is 0.390. The van der Waals surface area contributed by atoms with Gasteiger partial charge in [-0.1, -0.05) is 31.2 Å². The Balaban J connectivity index is 1.94. The molecule has 2 rings (SSSR count). The summed E-state index contributed by atoms with van der Waals surface area (Å²) in [6.45, 7) is 4.32. The van der Waals surface area contributed by atoms with Crippen LogP contribution in [0.5, 0.6) is 0 Å². The topological polar surface area (TPSA) is 80.9 Å². The molecule has 0 fully saturated rings. The smallest absolute Gasteiger partial charge is 0.306 e. The van der Waals surface area contributed by atoms with E-state index in [0.29, 0.717) is 13.0 Å². The van der Waals surface area contributed by atoms with Gasteiger partial charge in [0.15, 0.2) is 5.82 Å². The lowest BCUT2D eigenvalue weighted by atomic mass is 10.0. The van der Waals surface area contributed by atoms with E-state index in [-0.39, 0.29) is 0 Å². The number of hydrogen-bond acceptors (Lipinski definition) is 4. The van der Waals surface area contributed by atoms with Gasteiger partial charge in [0.1, 0.15) is 0 Å². The first kappa shape index (κ1) is 15.2.